The first-order valence-electron chi connectivity index (χ1n) is 14.6. The molecule has 0 bridgehead atoms. The summed E-state index contributed by atoms with van der Waals surface area (Å²) in [6.07, 6.45) is 1.06. The normalized spacial score (nSPS) is 14.1. The zero-order valence-corrected chi connectivity index (χ0v) is 26.7. The van der Waals surface area contributed by atoms with Crippen molar-refractivity contribution in [2.24, 2.45) is 5.41 Å². The largest absolute Gasteiger partial charge is 0.508 e. The minimum absolute atomic E-state index is 0.0530. The summed E-state index contributed by atoms with van der Waals surface area (Å²) in [7, 11) is 5.87. The van der Waals surface area contributed by atoms with Crippen LogP contribution in [0.25, 0.3) is 0 Å². The van der Waals surface area contributed by atoms with E-state index in [2.05, 4.69) is 21.0 Å². The second-order valence-electron chi connectivity index (χ2n) is 11.6. The highest BCUT2D eigenvalue weighted by Crippen LogP contribution is 2.22. The van der Waals surface area contributed by atoms with Gasteiger partial charge in [0, 0.05) is 12.7 Å². The molecule has 3 atom stereocenters. The van der Waals surface area contributed by atoms with Crippen LogP contribution in [-0.4, -0.2) is 100 Å². The first-order valence-corrected chi connectivity index (χ1v) is 14.6. The number of aliphatic hydroxyl groups is 1. The minimum atomic E-state index is -1.61. The van der Waals surface area contributed by atoms with Gasteiger partial charge in [0.15, 0.2) is 6.10 Å². The van der Waals surface area contributed by atoms with Crippen LogP contribution >= 0.6 is 0 Å². The zero-order valence-electron chi connectivity index (χ0n) is 26.7. The smallest absolute Gasteiger partial charge is 0.462 e. The van der Waals surface area contributed by atoms with E-state index in [9.17, 15) is 24.3 Å². The van der Waals surface area contributed by atoms with Crippen molar-refractivity contribution in [2.75, 3.05) is 54.2 Å². The number of quaternary nitrogens is 1. The molecule has 0 spiro atoms. The quantitative estimate of drug-likeness (QED) is 0.0999. The van der Waals surface area contributed by atoms with Crippen LogP contribution in [0.5, 0.6) is 0 Å². The maximum absolute atomic E-state index is 13.2. The maximum atomic E-state index is 13.2. The van der Waals surface area contributed by atoms with Gasteiger partial charge in [-0.05, 0) is 39.2 Å². The first-order chi connectivity index (χ1) is 20.2. The van der Waals surface area contributed by atoms with Gasteiger partial charge in [0.05, 0.1) is 27.2 Å². The molecule has 0 heterocycles. The first kappa shape index (κ1) is 37.8. The second-order valence-corrected chi connectivity index (χ2v) is 11.6. The lowest BCUT2D eigenvalue weighted by Gasteiger charge is -2.30. The third-order valence-corrected chi connectivity index (χ3v) is 6.63. The van der Waals surface area contributed by atoms with E-state index in [1.807, 2.05) is 24.3 Å². The van der Waals surface area contributed by atoms with E-state index in [0.29, 0.717) is 0 Å². The van der Waals surface area contributed by atoms with Crippen LogP contribution in [-0.2, 0) is 56.0 Å². The van der Waals surface area contributed by atoms with Crippen molar-refractivity contribution in [1.82, 2.24) is 0 Å². The van der Waals surface area contributed by atoms with Crippen molar-refractivity contribution in [1.29, 1.82) is 0 Å². The Morgan fingerprint density at radius 1 is 0.860 bits per heavy atom. The van der Waals surface area contributed by atoms with E-state index in [4.69, 9.17) is 28.4 Å². The topological polar surface area (TPSA) is 144 Å². The van der Waals surface area contributed by atoms with Crippen molar-refractivity contribution < 1.29 is 57.2 Å². The number of carbonyl (C=O) groups excluding carboxylic acids is 4. The highest BCUT2D eigenvalue weighted by Gasteiger charge is 2.39. The molecule has 0 aliphatic rings. The second kappa shape index (κ2) is 19.1. The molecule has 0 fully saturated rings. The van der Waals surface area contributed by atoms with Crippen LogP contribution < -0.4 is 0 Å². The molecule has 1 N–H and O–H groups in total. The van der Waals surface area contributed by atoms with Gasteiger partial charge < -0.3 is 38.0 Å². The average Bonchev–Trinajstić information content (AvgIpc) is 2.96. The summed E-state index contributed by atoms with van der Waals surface area (Å²) in [5, 5.41) is 9.29. The SMILES string of the molecule is CCCCCC[N+](C)(C)Cc1ccc(COC(=O)C(C)(COC(=O)OCCOC)COC(=O)[C@@H](C)OC(=O)[C@@H](C)O)cc1. The molecule has 0 aliphatic heterocycles. The number of hydrogen-bond acceptors (Lipinski definition) is 11. The minimum Gasteiger partial charge on any atom is -0.462 e. The van der Waals surface area contributed by atoms with Crippen molar-refractivity contribution in [3.8, 4) is 0 Å². The monoisotopic (exact) mass is 612 g/mol. The highest BCUT2D eigenvalue weighted by molar-refractivity contribution is 5.81. The molecular weight excluding hydrogens is 562 g/mol. The van der Waals surface area contributed by atoms with Gasteiger partial charge in [-0.25, -0.2) is 14.4 Å². The Morgan fingerprint density at radius 2 is 1.49 bits per heavy atom. The molecule has 1 unspecified atom stereocenters. The number of nitrogens with zero attached hydrogens (tertiary/aromatic N) is 1. The highest BCUT2D eigenvalue weighted by atomic mass is 16.7. The van der Waals surface area contributed by atoms with Gasteiger partial charge in [-0.2, -0.15) is 0 Å². The molecule has 43 heavy (non-hydrogen) atoms. The summed E-state index contributed by atoms with van der Waals surface area (Å²) in [5.41, 5.74) is 0.310. The summed E-state index contributed by atoms with van der Waals surface area (Å²) in [6, 6.07) is 7.79. The number of ether oxygens (including phenoxy) is 6. The fourth-order valence-electron chi connectivity index (χ4n) is 3.90. The van der Waals surface area contributed by atoms with Crippen LogP contribution in [0.3, 0.4) is 0 Å². The van der Waals surface area contributed by atoms with Crippen molar-refractivity contribution >= 4 is 24.1 Å². The van der Waals surface area contributed by atoms with E-state index in [1.165, 1.54) is 53.6 Å². The number of aliphatic hydroxyl groups excluding tert-OH is 1. The van der Waals surface area contributed by atoms with Crippen molar-refractivity contribution in [2.45, 2.75) is 78.7 Å². The molecule has 0 aliphatic carbocycles. The van der Waals surface area contributed by atoms with Gasteiger partial charge in [0.25, 0.3) is 0 Å². The Bertz CT molecular complexity index is 1010. The zero-order chi connectivity index (χ0) is 32.5. The van der Waals surface area contributed by atoms with Crippen LogP contribution in [0, 0.1) is 5.41 Å². The van der Waals surface area contributed by atoms with Gasteiger partial charge in [0.1, 0.15) is 44.5 Å². The summed E-state index contributed by atoms with van der Waals surface area (Å²) < 4.78 is 31.2. The molecule has 1 aromatic carbocycles. The predicted molar refractivity (Wildman–Crippen MR) is 157 cm³/mol. The van der Waals surface area contributed by atoms with E-state index >= 15 is 0 Å². The molecule has 0 amide bonds. The summed E-state index contributed by atoms with van der Waals surface area (Å²) in [6.45, 7) is 7.01. The Hall–Kier alpha value is -3.22. The molecule has 0 saturated carbocycles. The number of benzene rings is 1. The number of carbonyl (C=O) groups is 4. The molecule has 1 aromatic rings. The number of rotatable bonds is 20. The van der Waals surface area contributed by atoms with Gasteiger partial charge in [0.2, 0.25) is 0 Å². The van der Waals surface area contributed by atoms with E-state index in [-0.39, 0.29) is 19.8 Å². The fourth-order valence-corrected chi connectivity index (χ4v) is 3.90. The lowest BCUT2D eigenvalue weighted by atomic mass is 9.93. The third-order valence-electron chi connectivity index (χ3n) is 6.63. The Morgan fingerprint density at radius 3 is 2.09 bits per heavy atom. The maximum Gasteiger partial charge on any atom is 0.508 e. The Labute approximate surface area is 255 Å². The summed E-state index contributed by atoms with van der Waals surface area (Å²) >= 11 is 0. The van der Waals surface area contributed by atoms with E-state index in [0.717, 1.165) is 28.7 Å². The van der Waals surface area contributed by atoms with Crippen molar-refractivity contribution in [3.05, 3.63) is 35.4 Å². The van der Waals surface area contributed by atoms with Crippen LogP contribution in [0.1, 0.15) is 64.5 Å². The lowest BCUT2D eigenvalue weighted by Crippen LogP contribution is -2.42. The van der Waals surface area contributed by atoms with Gasteiger partial charge >= 0.3 is 24.1 Å². The number of hydrogen-bond donors (Lipinski definition) is 1. The van der Waals surface area contributed by atoms with Crippen molar-refractivity contribution in [3.63, 3.8) is 0 Å². The molecule has 0 radical (unpaired) electrons. The van der Waals surface area contributed by atoms with E-state index in [1.54, 1.807) is 0 Å². The van der Waals surface area contributed by atoms with Gasteiger partial charge in [-0.1, -0.05) is 44.0 Å². The molecule has 0 saturated heterocycles. The number of methoxy groups -OCH3 is 1. The number of esters is 3. The number of unbranched alkanes of at least 4 members (excludes halogenated alkanes) is 3. The van der Waals surface area contributed by atoms with Crippen LogP contribution in [0.4, 0.5) is 4.79 Å². The standard InChI is InChI=1S/C31H50NO11/c1-8-9-10-11-16-32(5,6)19-25-12-14-26(15-13-25)20-40-29(36)31(4,22-42-30(37)39-18-17-38-7)21-41-28(35)24(3)43-27(34)23(2)33/h12-15,23-24,33H,8-11,16-22H2,1-7H3/q+1/t23-,24-,31?/m1/s1. The molecular formula is C31H50NO11+. The van der Waals surface area contributed by atoms with E-state index < -0.39 is 54.9 Å². The molecule has 12 heteroatoms. The summed E-state index contributed by atoms with van der Waals surface area (Å²) in [5.74, 6) is -2.75. The lowest BCUT2D eigenvalue weighted by molar-refractivity contribution is -0.903. The fraction of sp³-hybridized carbons (Fsp3) is 0.677. The molecule has 244 valence electrons. The summed E-state index contributed by atoms with van der Waals surface area (Å²) in [4.78, 5) is 49.1. The molecule has 0 aromatic heterocycles. The average molecular weight is 613 g/mol. The predicted octanol–water partition coefficient (Wildman–Crippen LogP) is 3.55. The molecule has 12 nitrogen and oxygen atoms in total. The Kier molecular flexibility index (Phi) is 16.8. The van der Waals surface area contributed by atoms with Crippen LogP contribution in [0.2, 0.25) is 0 Å². The molecule has 1 rings (SSSR count). The third kappa shape index (κ3) is 15.2. The van der Waals surface area contributed by atoms with Gasteiger partial charge in [-0.15, -0.1) is 0 Å². The van der Waals surface area contributed by atoms with Crippen LogP contribution in [0.15, 0.2) is 24.3 Å². The van der Waals surface area contributed by atoms with Gasteiger partial charge in [-0.3, -0.25) is 4.79 Å². The Balaban J connectivity index is 2.83.